The molecule has 8 nitrogen and oxygen atoms in total. The van der Waals surface area contributed by atoms with Crippen molar-refractivity contribution in [3.63, 3.8) is 0 Å². The number of amides is 2. The fourth-order valence-electron chi connectivity index (χ4n) is 3.95. The summed E-state index contributed by atoms with van der Waals surface area (Å²) in [5.41, 5.74) is 0.425. The molecule has 0 radical (unpaired) electrons. The first-order valence-corrected chi connectivity index (χ1v) is 12.2. The predicted octanol–water partition coefficient (Wildman–Crippen LogP) is 5.16. The maximum atomic E-state index is 13.2. The van der Waals surface area contributed by atoms with Crippen molar-refractivity contribution in [1.82, 2.24) is 9.80 Å². The Morgan fingerprint density at radius 1 is 0.861 bits per heavy atom. The van der Waals surface area contributed by atoms with Gasteiger partial charge in [0.2, 0.25) is 0 Å². The Balaban J connectivity index is 1.67. The number of benzene rings is 2. The highest BCUT2D eigenvalue weighted by Crippen LogP contribution is 2.30. The van der Waals surface area contributed by atoms with Crippen molar-refractivity contribution in [3.8, 4) is 0 Å². The van der Waals surface area contributed by atoms with Gasteiger partial charge in [-0.05, 0) is 51.7 Å². The summed E-state index contributed by atoms with van der Waals surface area (Å²) in [4.78, 5) is 41.6. The number of ether oxygens (including phenoxy) is 3. The molecule has 1 heterocycles. The van der Waals surface area contributed by atoms with Crippen LogP contribution in [0.3, 0.4) is 0 Å². The van der Waals surface area contributed by atoms with Crippen LogP contribution in [0, 0.1) is 0 Å². The molecule has 2 aromatic carbocycles. The zero-order chi connectivity index (χ0) is 26.2. The number of likely N-dealkylation sites (tertiary alicyclic amines) is 1. The third-order valence-electron chi connectivity index (χ3n) is 6.10. The van der Waals surface area contributed by atoms with E-state index in [4.69, 9.17) is 14.2 Å². The lowest BCUT2D eigenvalue weighted by Gasteiger charge is -2.45. The molecule has 0 aliphatic carbocycles. The molecular formula is C28H36N2O6. The first kappa shape index (κ1) is 27.0. The molecule has 0 N–H and O–H groups in total. The topological polar surface area (TPSA) is 85.4 Å². The zero-order valence-electron chi connectivity index (χ0n) is 21.6. The van der Waals surface area contributed by atoms with Gasteiger partial charge >= 0.3 is 18.2 Å². The highest BCUT2D eigenvalue weighted by Gasteiger charge is 2.42. The summed E-state index contributed by atoms with van der Waals surface area (Å²) in [5.74, 6) is -0.522. The molecule has 0 saturated carbocycles. The van der Waals surface area contributed by atoms with Crippen LogP contribution < -0.4 is 0 Å². The number of hydrogen-bond acceptors (Lipinski definition) is 6. The molecule has 0 atom stereocenters. The van der Waals surface area contributed by atoms with E-state index >= 15 is 0 Å². The molecule has 3 rings (SSSR count). The van der Waals surface area contributed by atoms with Crippen molar-refractivity contribution in [2.45, 2.75) is 64.9 Å². The third-order valence-corrected chi connectivity index (χ3v) is 6.10. The van der Waals surface area contributed by atoms with Crippen LogP contribution in [0.15, 0.2) is 60.7 Å². The number of piperidine rings is 1. The minimum atomic E-state index is -0.696. The first-order chi connectivity index (χ1) is 17.1. The second kappa shape index (κ2) is 11.9. The molecule has 0 bridgehead atoms. The standard InChI is InChI=1S/C28H36N2O6/c1-27(2,3)36-25(32)29-17-15-28(4,16-18-29)30(26(33)35-21-23-13-9-6-10-14-23)19-24(31)34-20-22-11-7-5-8-12-22/h5-14H,15-21H2,1-4H3. The van der Waals surface area contributed by atoms with Crippen LogP contribution in [0.25, 0.3) is 0 Å². The minimum Gasteiger partial charge on any atom is -0.459 e. The van der Waals surface area contributed by atoms with Crippen LogP contribution in [0.5, 0.6) is 0 Å². The molecule has 194 valence electrons. The number of rotatable bonds is 7. The molecule has 36 heavy (non-hydrogen) atoms. The summed E-state index contributed by atoms with van der Waals surface area (Å²) >= 11 is 0. The van der Waals surface area contributed by atoms with Crippen molar-refractivity contribution in [2.24, 2.45) is 0 Å². The van der Waals surface area contributed by atoms with Gasteiger partial charge in [-0.3, -0.25) is 9.69 Å². The van der Waals surface area contributed by atoms with Crippen LogP contribution in [-0.2, 0) is 32.2 Å². The fraction of sp³-hybridized carbons (Fsp3) is 0.464. The molecule has 1 aliphatic heterocycles. The smallest absolute Gasteiger partial charge is 0.411 e. The average Bonchev–Trinajstić information content (AvgIpc) is 2.85. The highest BCUT2D eigenvalue weighted by atomic mass is 16.6. The molecule has 1 aliphatic rings. The van der Waals surface area contributed by atoms with Gasteiger partial charge in [0.1, 0.15) is 25.4 Å². The summed E-state index contributed by atoms with van der Waals surface area (Å²) in [7, 11) is 0. The number of carbonyl (C=O) groups excluding carboxylic acids is 3. The van der Waals surface area contributed by atoms with E-state index < -0.39 is 23.2 Å². The van der Waals surface area contributed by atoms with Crippen LogP contribution >= 0.6 is 0 Å². The van der Waals surface area contributed by atoms with Crippen molar-refractivity contribution < 1.29 is 28.6 Å². The fourth-order valence-corrected chi connectivity index (χ4v) is 3.95. The van der Waals surface area contributed by atoms with E-state index in [0.717, 1.165) is 11.1 Å². The minimum absolute atomic E-state index is 0.0926. The Hall–Kier alpha value is -3.55. The van der Waals surface area contributed by atoms with E-state index in [0.29, 0.717) is 25.9 Å². The van der Waals surface area contributed by atoms with Gasteiger partial charge < -0.3 is 19.1 Å². The average molecular weight is 497 g/mol. The Morgan fingerprint density at radius 3 is 1.86 bits per heavy atom. The Kier molecular flexibility index (Phi) is 8.96. The zero-order valence-corrected chi connectivity index (χ0v) is 21.6. The quantitative estimate of drug-likeness (QED) is 0.389. The molecule has 8 heteroatoms. The normalized spacial score (nSPS) is 15.1. The van der Waals surface area contributed by atoms with Gasteiger partial charge in [0, 0.05) is 18.6 Å². The molecule has 2 amide bonds. The molecule has 2 aromatic rings. The van der Waals surface area contributed by atoms with Crippen molar-refractivity contribution in [2.75, 3.05) is 19.6 Å². The summed E-state index contributed by atoms with van der Waals surface area (Å²) in [6.07, 6.45) is -0.0362. The molecular weight excluding hydrogens is 460 g/mol. The third kappa shape index (κ3) is 8.00. The van der Waals surface area contributed by atoms with Gasteiger partial charge in [0.25, 0.3) is 0 Å². The van der Waals surface area contributed by atoms with Crippen LogP contribution in [0.2, 0.25) is 0 Å². The summed E-state index contributed by atoms with van der Waals surface area (Å²) in [5, 5.41) is 0. The SMILES string of the molecule is CC(C)(C)OC(=O)N1CCC(C)(N(CC(=O)OCc2ccccc2)C(=O)OCc2ccccc2)CC1. The van der Waals surface area contributed by atoms with Gasteiger partial charge in [-0.25, -0.2) is 9.59 Å². The van der Waals surface area contributed by atoms with Gasteiger partial charge in [-0.15, -0.1) is 0 Å². The first-order valence-electron chi connectivity index (χ1n) is 12.2. The van der Waals surface area contributed by atoms with E-state index in [1.807, 2.05) is 88.4 Å². The van der Waals surface area contributed by atoms with E-state index in [-0.39, 0.29) is 25.9 Å². The second-order valence-electron chi connectivity index (χ2n) is 10.2. The molecule has 1 saturated heterocycles. The van der Waals surface area contributed by atoms with E-state index in [9.17, 15) is 14.4 Å². The molecule has 0 spiro atoms. The lowest BCUT2D eigenvalue weighted by molar-refractivity contribution is -0.148. The van der Waals surface area contributed by atoms with E-state index in [2.05, 4.69) is 0 Å². The second-order valence-corrected chi connectivity index (χ2v) is 10.2. The van der Waals surface area contributed by atoms with Crippen LogP contribution in [0.4, 0.5) is 9.59 Å². The van der Waals surface area contributed by atoms with Crippen molar-refractivity contribution >= 4 is 18.2 Å². The van der Waals surface area contributed by atoms with Gasteiger partial charge in [-0.2, -0.15) is 0 Å². The van der Waals surface area contributed by atoms with Gasteiger partial charge in [-0.1, -0.05) is 60.7 Å². The van der Waals surface area contributed by atoms with E-state index in [1.54, 1.807) is 4.90 Å². The van der Waals surface area contributed by atoms with Gasteiger partial charge in [0.15, 0.2) is 0 Å². The Morgan fingerprint density at radius 2 is 1.36 bits per heavy atom. The van der Waals surface area contributed by atoms with Crippen LogP contribution in [-0.4, -0.2) is 58.7 Å². The largest absolute Gasteiger partial charge is 0.459 e. The number of hydrogen-bond donors (Lipinski definition) is 0. The monoisotopic (exact) mass is 496 g/mol. The summed E-state index contributed by atoms with van der Waals surface area (Å²) < 4.78 is 16.5. The van der Waals surface area contributed by atoms with Crippen LogP contribution in [0.1, 0.15) is 51.7 Å². The maximum absolute atomic E-state index is 13.2. The Labute approximate surface area is 213 Å². The molecule has 1 fully saturated rings. The molecule has 0 unspecified atom stereocenters. The lowest BCUT2D eigenvalue weighted by atomic mass is 9.88. The number of nitrogens with zero attached hydrogens (tertiary/aromatic N) is 2. The maximum Gasteiger partial charge on any atom is 0.411 e. The predicted molar refractivity (Wildman–Crippen MR) is 135 cm³/mol. The lowest BCUT2D eigenvalue weighted by Crippen LogP contribution is -2.58. The van der Waals surface area contributed by atoms with E-state index in [1.165, 1.54) is 4.90 Å². The van der Waals surface area contributed by atoms with Crippen molar-refractivity contribution in [1.29, 1.82) is 0 Å². The van der Waals surface area contributed by atoms with Gasteiger partial charge in [0.05, 0.1) is 0 Å². The Bertz CT molecular complexity index is 1010. The number of carbonyl (C=O) groups is 3. The summed E-state index contributed by atoms with van der Waals surface area (Å²) in [6, 6.07) is 18.7. The summed E-state index contributed by atoms with van der Waals surface area (Å²) in [6.45, 7) is 8.14. The van der Waals surface area contributed by atoms with Crippen molar-refractivity contribution in [3.05, 3.63) is 71.8 Å². The number of esters is 1. The highest BCUT2D eigenvalue weighted by molar-refractivity contribution is 5.79. The molecule has 0 aromatic heterocycles.